The Morgan fingerprint density at radius 1 is 0.893 bits per heavy atom. The number of hydrogen-bond acceptors (Lipinski definition) is 5. The van der Waals surface area contributed by atoms with Gasteiger partial charge in [0.05, 0.1) is 32.0 Å². The lowest BCUT2D eigenvalue weighted by Gasteiger charge is -2.32. The lowest BCUT2D eigenvalue weighted by atomic mass is 10.0. The SMILES string of the molecule is CN1CCN(Cc2ccc(-c3ccc(CO[C@H]4COC[C@@H]4N)cc3)cc2)CC1. The van der Waals surface area contributed by atoms with E-state index in [0.717, 1.165) is 38.3 Å². The molecule has 0 radical (unpaired) electrons. The fourth-order valence-electron chi connectivity index (χ4n) is 3.79. The van der Waals surface area contributed by atoms with Crippen molar-refractivity contribution in [3.05, 3.63) is 59.7 Å². The van der Waals surface area contributed by atoms with Crippen LogP contribution >= 0.6 is 0 Å². The fourth-order valence-corrected chi connectivity index (χ4v) is 3.79. The lowest BCUT2D eigenvalue weighted by molar-refractivity contribution is 0.0265. The standard InChI is InChI=1S/C23H31N3O2/c1-25-10-12-26(13-11-25)14-18-2-6-20(7-3-18)21-8-4-19(5-9-21)15-28-23-17-27-16-22(23)24/h2-9,22-23H,10-17,24H2,1H3/t22-,23-/m0/s1. The summed E-state index contributed by atoms with van der Waals surface area (Å²) in [5.41, 5.74) is 11.0. The molecule has 0 aliphatic carbocycles. The van der Waals surface area contributed by atoms with Crippen molar-refractivity contribution in [2.45, 2.75) is 25.3 Å². The van der Waals surface area contributed by atoms with Crippen LogP contribution in [0.4, 0.5) is 0 Å². The van der Waals surface area contributed by atoms with E-state index in [2.05, 4.69) is 65.4 Å². The Bertz CT molecular complexity index is 739. The average Bonchev–Trinajstić information content (AvgIpc) is 3.14. The fraction of sp³-hybridized carbons (Fsp3) is 0.478. The molecule has 0 saturated carbocycles. The summed E-state index contributed by atoms with van der Waals surface area (Å²) in [5, 5.41) is 0. The molecule has 2 aliphatic rings. The van der Waals surface area contributed by atoms with Crippen LogP contribution in [0.3, 0.4) is 0 Å². The maximum atomic E-state index is 5.97. The molecule has 150 valence electrons. The molecule has 5 heteroatoms. The first-order valence-electron chi connectivity index (χ1n) is 10.2. The summed E-state index contributed by atoms with van der Waals surface area (Å²) in [6, 6.07) is 17.6. The van der Waals surface area contributed by atoms with E-state index in [1.807, 2.05) is 0 Å². The number of rotatable bonds is 6. The van der Waals surface area contributed by atoms with Crippen molar-refractivity contribution < 1.29 is 9.47 Å². The first-order chi connectivity index (χ1) is 13.7. The van der Waals surface area contributed by atoms with Crippen LogP contribution in [0.5, 0.6) is 0 Å². The first-order valence-corrected chi connectivity index (χ1v) is 10.2. The molecule has 4 rings (SSSR count). The molecular formula is C23H31N3O2. The van der Waals surface area contributed by atoms with Crippen molar-refractivity contribution in [2.75, 3.05) is 46.4 Å². The second kappa shape index (κ2) is 9.16. The highest BCUT2D eigenvalue weighted by Crippen LogP contribution is 2.22. The minimum absolute atomic E-state index is 0.00697. The van der Waals surface area contributed by atoms with E-state index >= 15 is 0 Å². The van der Waals surface area contributed by atoms with Crippen molar-refractivity contribution in [1.82, 2.24) is 9.80 Å². The molecule has 2 saturated heterocycles. The van der Waals surface area contributed by atoms with E-state index < -0.39 is 0 Å². The van der Waals surface area contributed by atoms with Crippen molar-refractivity contribution in [3.63, 3.8) is 0 Å². The van der Waals surface area contributed by atoms with Gasteiger partial charge in [0.15, 0.2) is 0 Å². The predicted octanol–water partition coefficient (Wildman–Crippen LogP) is 2.34. The third-order valence-corrected chi connectivity index (χ3v) is 5.78. The third-order valence-electron chi connectivity index (χ3n) is 5.78. The summed E-state index contributed by atoms with van der Waals surface area (Å²) < 4.78 is 11.2. The molecule has 2 heterocycles. The number of ether oxygens (including phenoxy) is 2. The summed E-state index contributed by atoms with van der Waals surface area (Å²) in [4.78, 5) is 4.93. The molecule has 0 aromatic heterocycles. The average molecular weight is 382 g/mol. The highest BCUT2D eigenvalue weighted by atomic mass is 16.5. The Balaban J connectivity index is 1.31. The van der Waals surface area contributed by atoms with Crippen LogP contribution in [0, 0.1) is 0 Å². The molecule has 2 aliphatic heterocycles. The van der Waals surface area contributed by atoms with Gasteiger partial charge in [0, 0.05) is 32.7 Å². The molecule has 0 amide bonds. The normalized spacial score (nSPS) is 23.9. The van der Waals surface area contributed by atoms with Gasteiger partial charge in [0.2, 0.25) is 0 Å². The van der Waals surface area contributed by atoms with Gasteiger partial charge in [0.25, 0.3) is 0 Å². The molecule has 2 fully saturated rings. The number of likely N-dealkylation sites (N-methyl/N-ethyl adjacent to an activating group) is 1. The predicted molar refractivity (Wildman–Crippen MR) is 112 cm³/mol. The summed E-state index contributed by atoms with van der Waals surface area (Å²) in [7, 11) is 2.20. The molecule has 5 nitrogen and oxygen atoms in total. The van der Waals surface area contributed by atoms with Crippen LogP contribution in [-0.4, -0.2) is 68.4 Å². The number of hydrogen-bond donors (Lipinski definition) is 1. The van der Waals surface area contributed by atoms with Crippen LogP contribution in [0.2, 0.25) is 0 Å². The summed E-state index contributed by atoms with van der Waals surface area (Å²) >= 11 is 0. The summed E-state index contributed by atoms with van der Waals surface area (Å²) in [6.45, 7) is 7.43. The van der Waals surface area contributed by atoms with E-state index in [9.17, 15) is 0 Å². The number of piperazine rings is 1. The van der Waals surface area contributed by atoms with Crippen LogP contribution in [0.1, 0.15) is 11.1 Å². The Hall–Kier alpha value is -1.76. The monoisotopic (exact) mass is 381 g/mol. The Morgan fingerprint density at radius 3 is 2.07 bits per heavy atom. The van der Waals surface area contributed by atoms with Gasteiger partial charge in [-0.05, 0) is 29.3 Å². The second-order valence-corrected chi connectivity index (χ2v) is 8.02. The first kappa shape index (κ1) is 19.6. The minimum Gasteiger partial charge on any atom is -0.377 e. The summed E-state index contributed by atoms with van der Waals surface area (Å²) in [6.07, 6.45) is 0.00697. The van der Waals surface area contributed by atoms with Gasteiger partial charge in [-0.15, -0.1) is 0 Å². The second-order valence-electron chi connectivity index (χ2n) is 8.02. The Labute approximate surface area is 168 Å². The van der Waals surface area contributed by atoms with Crippen LogP contribution < -0.4 is 5.73 Å². The van der Waals surface area contributed by atoms with E-state index in [4.69, 9.17) is 15.2 Å². The third kappa shape index (κ3) is 4.99. The molecule has 0 bridgehead atoms. The molecular weight excluding hydrogens is 350 g/mol. The Morgan fingerprint density at radius 2 is 1.50 bits per heavy atom. The van der Waals surface area contributed by atoms with Gasteiger partial charge < -0.3 is 20.1 Å². The van der Waals surface area contributed by atoms with Crippen LogP contribution in [-0.2, 0) is 22.6 Å². The molecule has 2 aromatic carbocycles. The molecule has 2 N–H and O–H groups in total. The van der Waals surface area contributed by atoms with Gasteiger partial charge in [-0.2, -0.15) is 0 Å². The zero-order valence-corrected chi connectivity index (χ0v) is 16.7. The van der Waals surface area contributed by atoms with Crippen LogP contribution in [0.15, 0.2) is 48.5 Å². The van der Waals surface area contributed by atoms with E-state index in [0.29, 0.717) is 19.8 Å². The number of nitrogens with zero attached hydrogens (tertiary/aromatic N) is 2. The smallest absolute Gasteiger partial charge is 0.0985 e. The lowest BCUT2D eigenvalue weighted by Crippen LogP contribution is -2.43. The van der Waals surface area contributed by atoms with Crippen LogP contribution in [0.25, 0.3) is 11.1 Å². The molecule has 0 spiro atoms. The molecule has 2 aromatic rings. The number of nitrogens with two attached hydrogens (primary N) is 1. The summed E-state index contributed by atoms with van der Waals surface area (Å²) in [5.74, 6) is 0. The topological polar surface area (TPSA) is 51.0 Å². The van der Waals surface area contributed by atoms with Crippen molar-refractivity contribution in [2.24, 2.45) is 5.73 Å². The van der Waals surface area contributed by atoms with E-state index in [1.54, 1.807) is 0 Å². The van der Waals surface area contributed by atoms with Crippen molar-refractivity contribution in [1.29, 1.82) is 0 Å². The van der Waals surface area contributed by atoms with Gasteiger partial charge in [-0.3, -0.25) is 4.90 Å². The van der Waals surface area contributed by atoms with E-state index in [-0.39, 0.29) is 12.1 Å². The zero-order valence-electron chi connectivity index (χ0n) is 16.7. The van der Waals surface area contributed by atoms with Crippen molar-refractivity contribution in [3.8, 4) is 11.1 Å². The maximum absolute atomic E-state index is 5.97. The van der Waals surface area contributed by atoms with E-state index in [1.165, 1.54) is 16.7 Å². The Kier molecular flexibility index (Phi) is 6.40. The van der Waals surface area contributed by atoms with Gasteiger partial charge in [0.1, 0.15) is 0 Å². The number of benzene rings is 2. The largest absolute Gasteiger partial charge is 0.377 e. The zero-order chi connectivity index (χ0) is 19.3. The van der Waals surface area contributed by atoms with Gasteiger partial charge >= 0.3 is 0 Å². The molecule has 0 unspecified atom stereocenters. The molecule has 2 atom stereocenters. The highest BCUT2D eigenvalue weighted by molar-refractivity contribution is 5.63. The highest BCUT2D eigenvalue weighted by Gasteiger charge is 2.25. The molecule has 28 heavy (non-hydrogen) atoms. The quantitative estimate of drug-likeness (QED) is 0.832. The van der Waals surface area contributed by atoms with Gasteiger partial charge in [-0.25, -0.2) is 0 Å². The van der Waals surface area contributed by atoms with Gasteiger partial charge in [-0.1, -0.05) is 48.5 Å². The van der Waals surface area contributed by atoms with Crippen molar-refractivity contribution >= 4 is 0 Å². The minimum atomic E-state index is -0.0105. The maximum Gasteiger partial charge on any atom is 0.0985 e.